The van der Waals surface area contributed by atoms with E-state index >= 15 is 0 Å². The van der Waals surface area contributed by atoms with Gasteiger partial charge in [-0.1, -0.05) is 42.5 Å². The Bertz CT molecular complexity index is 1150. The van der Waals surface area contributed by atoms with E-state index in [1.54, 1.807) is 12.1 Å². The van der Waals surface area contributed by atoms with Crippen LogP contribution in [0.25, 0.3) is 16.5 Å². The highest BCUT2D eigenvalue weighted by Gasteiger charge is 2.16. The molecular weight excluding hydrogens is 365 g/mol. The SMILES string of the molecule is COc1ccc(CN[C@H](C)c2cnn(-c3cccc4ccccc34)c2C)c(F)c1. The number of aromatic nitrogens is 2. The maximum atomic E-state index is 14.2. The van der Waals surface area contributed by atoms with Crippen LogP contribution in [0.5, 0.6) is 5.75 Å². The molecule has 0 radical (unpaired) electrons. The zero-order valence-corrected chi connectivity index (χ0v) is 16.8. The fraction of sp³-hybridized carbons (Fsp3) is 0.208. The quantitative estimate of drug-likeness (QED) is 0.484. The molecule has 0 saturated heterocycles. The van der Waals surface area contributed by atoms with Gasteiger partial charge in [-0.25, -0.2) is 9.07 Å². The Morgan fingerprint density at radius 3 is 2.69 bits per heavy atom. The second kappa shape index (κ2) is 8.05. The molecule has 4 rings (SSSR count). The lowest BCUT2D eigenvalue weighted by molar-refractivity contribution is 0.410. The Morgan fingerprint density at radius 1 is 1.10 bits per heavy atom. The summed E-state index contributed by atoms with van der Waals surface area (Å²) in [5, 5.41) is 10.4. The summed E-state index contributed by atoms with van der Waals surface area (Å²) >= 11 is 0. The third-order valence-corrected chi connectivity index (χ3v) is 5.37. The number of halogens is 1. The van der Waals surface area contributed by atoms with Crippen LogP contribution in [0.1, 0.15) is 29.8 Å². The largest absolute Gasteiger partial charge is 0.497 e. The van der Waals surface area contributed by atoms with Gasteiger partial charge >= 0.3 is 0 Å². The molecule has 0 fully saturated rings. The highest BCUT2D eigenvalue weighted by molar-refractivity contribution is 5.90. The fourth-order valence-electron chi connectivity index (χ4n) is 3.65. The van der Waals surface area contributed by atoms with E-state index in [-0.39, 0.29) is 11.9 Å². The van der Waals surface area contributed by atoms with Crippen LogP contribution in [0, 0.1) is 12.7 Å². The average Bonchev–Trinajstić information content (AvgIpc) is 3.13. The van der Waals surface area contributed by atoms with Crippen molar-refractivity contribution < 1.29 is 9.13 Å². The fourth-order valence-corrected chi connectivity index (χ4v) is 3.65. The van der Waals surface area contributed by atoms with Gasteiger partial charge in [0.2, 0.25) is 0 Å². The number of fused-ring (bicyclic) bond motifs is 1. The van der Waals surface area contributed by atoms with Crippen LogP contribution in [0.4, 0.5) is 4.39 Å². The standard InChI is InChI=1S/C24H24FN3O/c1-16(26-14-19-11-12-20(29-3)13-23(19)25)22-15-27-28(17(22)2)24-10-6-8-18-7-4-5-9-21(18)24/h4-13,15-16,26H,14H2,1-3H3/t16-/m1/s1. The maximum absolute atomic E-state index is 14.2. The number of nitrogens with zero attached hydrogens (tertiary/aromatic N) is 2. The number of rotatable bonds is 6. The van der Waals surface area contributed by atoms with E-state index in [0.717, 1.165) is 22.3 Å². The normalized spacial score (nSPS) is 12.3. The van der Waals surface area contributed by atoms with Gasteiger partial charge in [0.25, 0.3) is 0 Å². The molecule has 0 aliphatic rings. The van der Waals surface area contributed by atoms with Crippen molar-refractivity contribution in [1.82, 2.24) is 15.1 Å². The van der Waals surface area contributed by atoms with Crippen molar-refractivity contribution in [3.05, 3.63) is 89.5 Å². The molecule has 1 aromatic heterocycles. The van der Waals surface area contributed by atoms with Crippen molar-refractivity contribution in [1.29, 1.82) is 0 Å². The maximum Gasteiger partial charge on any atom is 0.131 e. The van der Waals surface area contributed by atoms with E-state index in [1.807, 2.05) is 29.1 Å². The number of benzene rings is 3. The molecule has 1 atom stereocenters. The minimum atomic E-state index is -0.271. The summed E-state index contributed by atoms with van der Waals surface area (Å²) < 4.78 is 21.2. The van der Waals surface area contributed by atoms with Gasteiger partial charge in [0, 0.05) is 40.9 Å². The van der Waals surface area contributed by atoms with Gasteiger partial charge in [0.1, 0.15) is 11.6 Å². The van der Waals surface area contributed by atoms with Crippen LogP contribution in [0.3, 0.4) is 0 Å². The second-order valence-corrected chi connectivity index (χ2v) is 7.16. The first-order chi connectivity index (χ1) is 14.1. The molecule has 0 aliphatic carbocycles. The lowest BCUT2D eigenvalue weighted by Crippen LogP contribution is -2.19. The monoisotopic (exact) mass is 389 g/mol. The molecule has 148 valence electrons. The summed E-state index contributed by atoms with van der Waals surface area (Å²) in [6, 6.07) is 19.5. The number of methoxy groups -OCH3 is 1. The highest BCUT2D eigenvalue weighted by atomic mass is 19.1. The molecule has 29 heavy (non-hydrogen) atoms. The van der Waals surface area contributed by atoms with E-state index < -0.39 is 0 Å². The third-order valence-electron chi connectivity index (χ3n) is 5.37. The topological polar surface area (TPSA) is 39.1 Å². The van der Waals surface area contributed by atoms with E-state index in [9.17, 15) is 4.39 Å². The van der Waals surface area contributed by atoms with Gasteiger partial charge in [-0.2, -0.15) is 5.10 Å². The van der Waals surface area contributed by atoms with Crippen LogP contribution in [0.15, 0.2) is 66.9 Å². The second-order valence-electron chi connectivity index (χ2n) is 7.16. The molecule has 0 unspecified atom stereocenters. The summed E-state index contributed by atoms with van der Waals surface area (Å²) in [7, 11) is 1.53. The van der Waals surface area contributed by atoms with Crippen LogP contribution in [-0.2, 0) is 6.54 Å². The Kier molecular flexibility index (Phi) is 5.32. The lowest BCUT2D eigenvalue weighted by atomic mass is 10.1. The first kappa shape index (κ1) is 19.2. The molecule has 4 aromatic rings. The molecule has 1 N–H and O–H groups in total. The highest BCUT2D eigenvalue weighted by Crippen LogP contribution is 2.26. The molecular formula is C24H24FN3O. The number of hydrogen-bond donors (Lipinski definition) is 1. The molecule has 3 aromatic carbocycles. The summed E-state index contributed by atoms with van der Waals surface area (Å²) in [6.07, 6.45) is 1.89. The van der Waals surface area contributed by atoms with E-state index in [4.69, 9.17) is 4.74 Å². The van der Waals surface area contributed by atoms with Gasteiger partial charge in [-0.15, -0.1) is 0 Å². The molecule has 0 amide bonds. The Morgan fingerprint density at radius 2 is 1.90 bits per heavy atom. The lowest BCUT2D eigenvalue weighted by Gasteiger charge is -2.15. The molecule has 1 heterocycles. The van der Waals surface area contributed by atoms with Crippen LogP contribution < -0.4 is 10.1 Å². The summed E-state index contributed by atoms with van der Waals surface area (Å²) in [5.41, 5.74) is 3.82. The van der Waals surface area contributed by atoms with E-state index in [1.165, 1.54) is 18.6 Å². The number of ether oxygens (including phenoxy) is 1. The van der Waals surface area contributed by atoms with E-state index in [2.05, 4.69) is 48.5 Å². The minimum absolute atomic E-state index is 0.0280. The predicted molar refractivity (Wildman–Crippen MR) is 114 cm³/mol. The van der Waals surface area contributed by atoms with Crippen LogP contribution in [-0.4, -0.2) is 16.9 Å². The van der Waals surface area contributed by atoms with Crippen molar-refractivity contribution in [2.75, 3.05) is 7.11 Å². The summed E-state index contributed by atoms with van der Waals surface area (Å²) in [5.74, 6) is 0.249. The van der Waals surface area contributed by atoms with Crippen molar-refractivity contribution in [2.45, 2.75) is 26.4 Å². The minimum Gasteiger partial charge on any atom is -0.497 e. The first-order valence-electron chi connectivity index (χ1n) is 9.67. The smallest absolute Gasteiger partial charge is 0.131 e. The zero-order chi connectivity index (χ0) is 20.4. The molecule has 5 heteroatoms. The van der Waals surface area contributed by atoms with Crippen molar-refractivity contribution in [3.8, 4) is 11.4 Å². The van der Waals surface area contributed by atoms with Crippen LogP contribution in [0.2, 0.25) is 0 Å². The first-order valence-corrected chi connectivity index (χ1v) is 9.67. The van der Waals surface area contributed by atoms with Crippen molar-refractivity contribution >= 4 is 10.8 Å². The van der Waals surface area contributed by atoms with Gasteiger partial charge in [0.15, 0.2) is 0 Å². The number of nitrogens with one attached hydrogen (secondary N) is 1. The Balaban J connectivity index is 1.56. The summed E-state index contributed by atoms with van der Waals surface area (Å²) in [6.45, 7) is 4.56. The molecule has 0 aliphatic heterocycles. The Labute approximate surface area is 169 Å². The predicted octanol–water partition coefficient (Wildman–Crippen LogP) is 5.33. The van der Waals surface area contributed by atoms with E-state index in [0.29, 0.717) is 17.9 Å². The van der Waals surface area contributed by atoms with Crippen LogP contribution >= 0.6 is 0 Å². The van der Waals surface area contributed by atoms with Gasteiger partial charge < -0.3 is 10.1 Å². The summed E-state index contributed by atoms with van der Waals surface area (Å²) in [4.78, 5) is 0. The zero-order valence-electron chi connectivity index (χ0n) is 16.8. The Hall–Kier alpha value is -3.18. The third kappa shape index (κ3) is 3.74. The molecule has 4 nitrogen and oxygen atoms in total. The molecule has 0 saturated carbocycles. The van der Waals surface area contributed by atoms with Gasteiger partial charge in [-0.05, 0) is 31.4 Å². The molecule has 0 bridgehead atoms. The van der Waals surface area contributed by atoms with Crippen molar-refractivity contribution in [2.24, 2.45) is 0 Å². The van der Waals surface area contributed by atoms with Crippen molar-refractivity contribution in [3.63, 3.8) is 0 Å². The average molecular weight is 389 g/mol. The van der Waals surface area contributed by atoms with Gasteiger partial charge in [-0.3, -0.25) is 0 Å². The number of hydrogen-bond acceptors (Lipinski definition) is 3. The van der Waals surface area contributed by atoms with Gasteiger partial charge in [0.05, 0.1) is 19.0 Å². The molecule has 0 spiro atoms.